The van der Waals surface area contributed by atoms with Gasteiger partial charge in [-0.2, -0.15) is 0 Å². The fraction of sp³-hybridized carbons (Fsp3) is 0.400. The Hall–Kier alpha value is -2.90. The number of nitrogens with one attached hydrogen (secondary N) is 1. The smallest absolute Gasteiger partial charge is 0.254 e. The van der Waals surface area contributed by atoms with Gasteiger partial charge >= 0.3 is 0 Å². The zero-order valence-electron chi connectivity index (χ0n) is 18.4. The van der Waals surface area contributed by atoms with E-state index in [0.29, 0.717) is 12.1 Å². The van der Waals surface area contributed by atoms with Gasteiger partial charge in [-0.1, -0.05) is 0 Å². The Morgan fingerprint density at radius 3 is 2.59 bits per heavy atom. The summed E-state index contributed by atoms with van der Waals surface area (Å²) in [5.74, 6) is 0.190. The number of hydrogen-bond donors (Lipinski definition) is 2. The number of halogens is 1. The van der Waals surface area contributed by atoms with E-state index < -0.39 is 6.04 Å². The molecule has 1 saturated heterocycles. The number of ether oxygens (including phenoxy) is 1. The number of aromatic nitrogens is 1. The van der Waals surface area contributed by atoms with E-state index in [1.807, 2.05) is 12.1 Å². The molecule has 2 aliphatic rings. The van der Waals surface area contributed by atoms with Gasteiger partial charge in [0.15, 0.2) is 0 Å². The molecular weight excluding hydrogens is 409 g/mol. The van der Waals surface area contributed by atoms with Gasteiger partial charge in [-0.15, -0.1) is 0 Å². The van der Waals surface area contributed by atoms with E-state index in [0.717, 1.165) is 48.3 Å². The maximum Gasteiger partial charge on any atom is 0.254 e. The van der Waals surface area contributed by atoms with Crippen LogP contribution in [0.2, 0.25) is 0 Å². The molecule has 168 valence electrons. The molecule has 7 heteroatoms. The number of amides is 1. The minimum absolute atomic E-state index is 0.191. The Balaban J connectivity index is 1.66. The van der Waals surface area contributed by atoms with Gasteiger partial charge in [0.1, 0.15) is 11.6 Å². The molecule has 32 heavy (non-hydrogen) atoms. The van der Waals surface area contributed by atoms with Crippen LogP contribution < -0.4 is 4.74 Å². The Morgan fingerprint density at radius 2 is 1.94 bits per heavy atom. The van der Waals surface area contributed by atoms with E-state index in [2.05, 4.69) is 23.0 Å². The largest absolute Gasteiger partial charge is 0.497 e. The summed E-state index contributed by atoms with van der Waals surface area (Å²) < 4.78 is 18.9. The van der Waals surface area contributed by atoms with E-state index in [4.69, 9.17) is 4.74 Å². The topological polar surface area (TPSA) is 68.8 Å². The number of aromatic amines is 1. The maximum atomic E-state index is 13.5. The molecule has 1 fully saturated rings. The summed E-state index contributed by atoms with van der Waals surface area (Å²) in [6.45, 7) is 2.20. The van der Waals surface area contributed by atoms with Crippen molar-refractivity contribution in [3.8, 4) is 5.75 Å². The van der Waals surface area contributed by atoms with Gasteiger partial charge in [0, 0.05) is 40.2 Å². The highest BCUT2D eigenvalue weighted by Crippen LogP contribution is 2.49. The van der Waals surface area contributed by atoms with Crippen molar-refractivity contribution < 1.29 is 19.0 Å². The van der Waals surface area contributed by atoms with Crippen LogP contribution in [-0.4, -0.2) is 66.2 Å². The number of rotatable bonds is 3. The van der Waals surface area contributed by atoms with Crippen LogP contribution in [0.25, 0.3) is 10.9 Å². The third-order valence-electron chi connectivity index (χ3n) is 7.22. The minimum atomic E-state index is -0.494. The van der Waals surface area contributed by atoms with Crippen LogP contribution in [0.1, 0.15) is 40.5 Å². The van der Waals surface area contributed by atoms with Crippen molar-refractivity contribution in [2.24, 2.45) is 0 Å². The number of carbonyl (C=O) groups excluding carboxylic acids is 1. The molecule has 5 rings (SSSR count). The van der Waals surface area contributed by atoms with Crippen LogP contribution in [0.3, 0.4) is 0 Å². The van der Waals surface area contributed by atoms with Crippen LogP contribution in [0, 0.1) is 5.82 Å². The van der Waals surface area contributed by atoms with Crippen LogP contribution in [0.5, 0.6) is 5.75 Å². The fourth-order valence-corrected chi connectivity index (χ4v) is 5.43. The van der Waals surface area contributed by atoms with Crippen LogP contribution in [0.4, 0.5) is 4.39 Å². The average molecular weight is 438 g/mol. The lowest BCUT2D eigenvalue weighted by molar-refractivity contribution is 0.0362. The van der Waals surface area contributed by atoms with Crippen LogP contribution in [0.15, 0.2) is 42.5 Å². The van der Waals surface area contributed by atoms with E-state index in [-0.39, 0.29) is 23.7 Å². The van der Waals surface area contributed by atoms with E-state index >= 15 is 0 Å². The van der Waals surface area contributed by atoms with E-state index in [9.17, 15) is 14.3 Å². The first-order valence-electron chi connectivity index (χ1n) is 11.0. The Labute approximate surface area is 186 Å². The van der Waals surface area contributed by atoms with Crippen molar-refractivity contribution in [3.05, 3.63) is 65.1 Å². The summed E-state index contributed by atoms with van der Waals surface area (Å²) in [7, 11) is 3.76. The second kappa shape index (κ2) is 7.90. The van der Waals surface area contributed by atoms with Crippen molar-refractivity contribution >= 4 is 16.8 Å². The lowest BCUT2D eigenvalue weighted by Crippen LogP contribution is -2.54. The van der Waals surface area contributed by atoms with Gasteiger partial charge in [-0.05, 0) is 74.9 Å². The highest BCUT2D eigenvalue weighted by molar-refractivity contribution is 5.96. The summed E-state index contributed by atoms with van der Waals surface area (Å²) >= 11 is 0. The number of hydrogen-bond acceptors (Lipinski definition) is 4. The highest BCUT2D eigenvalue weighted by Gasteiger charge is 2.48. The third-order valence-corrected chi connectivity index (χ3v) is 7.22. The monoisotopic (exact) mass is 437 g/mol. The van der Waals surface area contributed by atoms with Gasteiger partial charge in [0.25, 0.3) is 5.91 Å². The molecule has 0 bridgehead atoms. The number of fused-ring (bicyclic) bond motifs is 4. The van der Waals surface area contributed by atoms with Gasteiger partial charge in [0.2, 0.25) is 0 Å². The summed E-state index contributed by atoms with van der Waals surface area (Å²) in [5, 5.41) is 11.5. The summed E-state index contributed by atoms with van der Waals surface area (Å²) in [5.41, 5.74) is 3.26. The summed E-state index contributed by atoms with van der Waals surface area (Å²) in [6.07, 6.45) is 1.83. The minimum Gasteiger partial charge on any atom is -0.497 e. The molecule has 1 atom stereocenters. The fourth-order valence-electron chi connectivity index (χ4n) is 5.43. The molecule has 0 unspecified atom stereocenters. The van der Waals surface area contributed by atoms with Gasteiger partial charge in [-0.3, -0.25) is 4.79 Å². The first-order valence-corrected chi connectivity index (χ1v) is 11.0. The van der Waals surface area contributed by atoms with Crippen LogP contribution >= 0.6 is 0 Å². The molecule has 0 saturated carbocycles. The quantitative estimate of drug-likeness (QED) is 0.659. The van der Waals surface area contributed by atoms with E-state index in [1.54, 1.807) is 12.0 Å². The van der Waals surface area contributed by atoms with Crippen molar-refractivity contribution in [3.63, 3.8) is 0 Å². The van der Waals surface area contributed by atoms with Gasteiger partial charge in [0.05, 0.1) is 19.8 Å². The normalized spacial score (nSPS) is 20.5. The molecule has 0 aliphatic carbocycles. The lowest BCUT2D eigenvalue weighted by atomic mass is 9.68. The molecule has 1 amide bonds. The van der Waals surface area contributed by atoms with Crippen LogP contribution in [-0.2, 0) is 5.41 Å². The lowest BCUT2D eigenvalue weighted by Gasteiger charge is -2.49. The molecular formula is C25H28FN3O3. The molecule has 2 aromatic carbocycles. The van der Waals surface area contributed by atoms with Crippen molar-refractivity contribution in [2.75, 3.05) is 40.4 Å². The molecule has 1 spiro atoms. The standard InChI is InChI=1S/C25H28FN3O3/c1-28-11-9-25(10-12-28)15-29(24(31)16-3-5-17(26)6-4-16)21(14-30)23-22(25)19-8-7-18(32-2)13-20(19)27-23/h3-8,13,21,27,30H,9-12,14-15H2,1-2H3/t21-/m1/s1. The number of piperidine rings is 1. The summed E-state index contributed by atoms with van der Waals surface area (Å²) in [6, 6.07) is 11.1. The zero-order valence-corrected chi connectivity index (χ0v) is 18.4. The molecule has 2 aliphatic heterocycles. The number of nitrogens with zero attached hydrogens (tertiary/aromatic N) is 2. The SMILES string of the molecule is COc1ccc2c3c([nH]c2c1)[C@@H](CO)N(C(=O)c1ccc(F)cc1)CC31CCN(C)CC1. The first-order chi connectivity index (χ1) is 15.5. The first kappa shape index (κ1) is 21.0. The average Bonchev–Trinajstić information content (AvgIpc) is 3.20. The zero-order chi connectivity index (χ0) is 22.5. The van der Waals surface area contributed by atoms with Crippen molar-refractivity contribution in [2.45, 2.75) is 24.3 Å². The van der Waals surface area contributed by atoms with Crippen molar-refractivity contribution in [1.29, 1.82) is 0 Å². The molecule has 3 heterocycles. The Bertz CT molecular complexity index is 1150. The number of likely N-dealkylation sites (tertiary alicyclic amines) is 1. The second-order valence-electron chi connectivity index (χ2n) is 9.05. The van der Waals surface area contributed by atoms with Gasteiger partial charge < -0.3 is 24.6 Å². The predicted molar refractivity (Wildman–Crippen MR) is 121 cm³/mol. The molecule has 6 nitrogen and oxygen atoms in total. The second-order valence-corrected chi connectivity index (χ2v) is 9.05. The van der Waals surface area contributed by atoms with Gasteiger partial charge in [-0.25, -0.2) is 4.39 Å². The Morgan fingerprint density at radius 1 is 1.22 bits per heavy atom. The number of aliphatic hydroxyl groups excluding tert-OH is 1. The molecule has 2 N–H and O–H groups in total. The highest BCUT2D eigenvalue weighted by atomic mass is 19.1. The summed E-state index contributed by atoms with van der Waals surface area (Å²) in [4.78, 5) is 21.1. The number of aliphatic hydroxyl groups is 1. The number of carbonyl (C=O) groups is 1. The molecule has 0 radical (unpaired) electrons. The Kier molecular flexibility index (Phi) is 5.18. The molecule has 1 aromatic heterocycles. The number of methoxy groups -OCH3 is 1. The predicted octanol–water partition coefficient (Wildman–Crippen LogP) is 3.47. The van der Waals surface area contributed by atoms with Crippen molar-refractivity contribution in [1.82, 2.24) is 14.8 Å². The molecule has 3 aromatic rings. The number of benzene rings is 2. The van der Waals surface area contributed by atoms with E-state index in [1.165, 1.54) is 29.8 Å². The maximum absolute atomic E-state index is 13.5. The third kappa shape index (κ3) is 3.27. The number of H-pyrrole nitrogens is 1.